The zero-order chi connectivity index (χ0) is 14.4. The van der Waals surface area contributed by atoms with Crippen LogP contribution in [0.4, 0.5) is 16.2 Å². The Kier molecular flexibility index (Phi) is 5.11. The van der Waals surface area contributed by atoms with Crippen LogP contribution in [0.15, 0.2) is 18.2 Å². The summed E-state index contributed by atoms with van der Waals surface area (Å²) in [6, 6.07) is 4.48. The van der Waals surface area contributed by atoms with Crippen LogP contribution in [0.5, 0.6) is 0 Å². The first-order chi connectivity index (χ1) is 8.91. The molecule has 1 aromatic rings. The molecular formula is C12H18N4O3. The molecule has 0 saturated carbocycles. The van der Waals surface area contributed by atoms with Crippen LogP contribution in [-0.2, 0) is 0 Å². The van der Waals surface area contributed by atoms with Crippen LogP contribution in [0, 0.1) is 17.0 Å². The molecule has 7 nitrogen and oxygen atoms in total. The Bertz CT molecular complexity index is 474. The van der Waals surface area contributed by atoms with Crippen molar-refractivity contribution in [2.75, 3.05) is 32.5 Å². The molecule has 0 bridgehead atoms. The first kappa shape index (κ1) is 14.7. The molecule has 0 spiro atoms. The molecule has 0 heterocycles. The summed E-state index contributed by atoms with van der Waals surface area (Å²) in [4.78, 5) is 22.9. The lowest BCUT2D eigenvalue weighted by atomic mass is 10.2. The molecule has 0 saturated heterocycles. The Labute approximate surface area is 111 Å². The standard InChI is InChI=1S/C12H18N4O3/c1-9-4-5-10(16(18)19)8-11(9)13-6-7-14-12(17)15(2)3/h4-5,8,13H,6-7H2,1-3H3,(H,14,17). The van der Waals surface area contributed by atoms with E-state index in [1.165, 1.54) is 17.0 Å². The van der Waals surface area contributed by atoms with Crippen molar-refractivity contribution in [3.8, 4) is 0 Å². The largest absolute Gasteiger partial charge is 0.383 e. The van der Waals surface area contributed by atoms with Crippen LogP contribution in [0.1, 0.15) is 5.56 Å². The minimum atomic E-state index is -0.432. The smallest absolute Gasteiger partial charge is 0.316 e. The summed E-state index contributed by atoms with van der Waals surface area (Å²) in [5.41, 5.74) is 1.67. The van der Waals surface area contributed by atoms with Gasteiger partial charge in [0.1, 0.15) is 0 Å². The number of hydrogen-bond acceptors (Lipinski definition) is 4. The van der Waals surface area contributed by atoms with E-state index in [-0.39, 0.29) is 11.7 Å². The van der Waals surface area contributed by atoms with Gasteiger partial charge in [0.15, 0.2) is 0 Å². The molecular weight excluding hydrogens is 248 g/mol. The highest BCUT2D eigenvalue weighted by Crippen LogP contribution is 2.21. The summed E-state index contributed by atoms with van der Waals surface area (Å²) in [6.07, 6.45) is 0. The predicted octanol–water partition coefficient (Wildman–Crippen LogP) is 1.59. The van der Waals surface area contributed by atoms with Gasteiger partial charge in [-0.15, -0.1) is 0 Å². The molecule has 0 radical (unpaired) electrons. The summed E-state index contributed by atoms with van der Waals surface area (Å²) < 4.78 is 0. The number of urea groups is 1. The minimum Gasteiger partial charge on any atom is -0.383 e. The molecule has 104 valence electrons. The van der Waals surface area contributed by atoms with Crippen molar-refractivity contribution in [3.63, 3.8) is 0 Å². The molecule has 0 aliphatic rings. The Hall–Kier alpha value is -2.31. The molecule has 0 aliphatic carbocycles. The predicted molar refractivity (Wildman–Crippen MR) is 73.4 cm³/mol. The van der Waals surface area contributed by atoms with Crippen LogP contribution in [0.2, 0.25) is 0 Å². The van der Waals surface area contributed by atoms with Gasteiger partial charge in [0.05, 0.1) is 4.92 Å². The van der Waals surface area contributed by atoms with Gasteiger partial charge in [0.25, 0.3) is 5.69 Å². The summed E-state index contributed by atoms with van der Waals surface area (Å²) >= 11 is 0. The Morgan fingerprint density at radius 2 is 2.05 bits per heavy atom. The Morgan fingerprint density at radius 1 is 1.37 bits per heavy atom. The van der Waals surface area contributed by atoms with E-state index >= 15 is 0 Å². The maximum absolute atomic E-state index is 11.3. The molecule has 0 atom stereocenters. The molecule has 2 N–H and O–H groups in total. The third kappa shape index (κ3) is 4.46. The highest BCUT2D eigenvalue weighted by atomic mass is 16.6. The highest BCUT2D eigenvalue weighted by molar-refractivity contribution is 5.73. The SMILES string of the molecule is Cc1ccc([N+](=O)[O-])cc1NCCNC(=O)N(C)C. The Balaban J connectivity index is 2.51. The number of amides is 2. The van der Waals surface area contributed by atoms with Crippen molar-refractivity contribution in [3.05, 3.63) is 33.9 Å². The van der Waals surface area contributed by atoms with Gasteiger partial charge in [-0.05, 0) is 12.5 Å². The summed E-state index contributed by atoms with van der Waals surface area (Å²) in [5, 5.41) is 16.4. The highest BCUT2D eigenvalue weighted by Gasteiger charge is 2.08. The second-order valence-corrected chi connectivity index (χ2v) is 4.31. The van der Waals surface area contributed by atoms with Crippen LogP contribution >= 0.6 is 0 Å². The number of benzene rings is 1. The van der Waals surface area contributed by atoms with E-state index in [0.29, 0.717) is 18.8 Å². The first-order valence-corrected chi connectivity index (χ1v) is 5.86. The average Bonchev–Trinajstić information content (AvgIpc) is 2.35. The van der Waals surface area contributed by atoms with Gasteiger partial charge < -0.3 is 15.5 Å². The third-order valence-corrected chi connectivity index (χ3v) is 2.55. The van der Waals surface area contributed by atoms with Gasteiger partial charge in [-0.3, -0.25) is 10.1 Å². The second kappa shape index (κ2) is 6.58. The van der Waals surface area contributed by atoms with Crippen molar-refractivity contribution in [2.45, 2.75) is 6.92 Å². The van der Waals surface area contributed by atoms with E-state index in [9.17, 15) is 14.9 Å². The van der Waals surface area contributed by atoms with Crippen LogP contribution in [0.3, 0.4) is 0 Å². The number of non-ortho nitro benzene ring substituents is 1. The first-order valence-electron chi connectivity index (χ1n) is 5.86. The van der Waals surface area contributed by atoms with E-state index in [4.69, 9.17) is 0 Å². The molecule has 0 fully saturated rings. The van der Waals surface area contributed by atoms with Gasteiger partial charge in [-0.25, -0.2) is 4.79 Å². The Morgan fingerprint density at radius 3 is 2.63 bits per heavy atom. The molecule has 0 unspecified atom stereocenters. The summed E-state index contributed by atoms with van der Waals surface area (Å²) in [7, 11) is 3.32. The minimum absolute atomic E-state index is 0.0467. The number of nitrogens with one attached hydrogen (secondary N) is 2. The van der Waals surface area contributed by atoms with E-state index in [0.717, 1.165) is 5.56 Å². The maximum Gasteiger partial charge on any atom is 0.316 e. The van der Waals surface area contributed by atoms with Crippen molar-refractivity contribution in [1.29, 1.82) is 0 Å². The zero-order valence-electron chi connectivity index (χ0n) is 11.3. The van der Waals surface area contributed by atoms with E-state index < -0.39 is 4.92 Å². The number of hydrogen-bond donors (Lipinski definition) is 2. The van der Waals surface area contributed by atoms with Crippen molar-refractivity contribution < 1.29 is 9.72 Å². The lowest BCUT2D eigenvalue weighted by molar-refractivity contribution is -0.384. The maximum atomic E-state index is 11.3. The van der Waals surface area contributed by atoms with Crippen LogP contribution in [-0.4, -0.2) is 43.0 Å². The molecule has 0 aromatic heterocycles. The van der Waals surface area contributed by atoms with E-state index in [1.807, 2.05) is 6.92 Å². The quantitative estimate of drug-likeness (QED) is 0.481. The fraction of sp³-hybridized carbons (Fsp3) is 0.417. The summed E-state index contributed by atoms with van der Waals surface area (Å²) in [6.45, 7) is 2.81. The number of nitro groups is 1. The number of carbonyl (C=O) groups is 1. The number of aryl methyl sites for hydroxylation is 1. The normalized spacial score (nSPS) is 9.84. The molecule has 7 heteroatoms. The molecule has 1 aromatic carbocycles. The zero-order valence-corrected chi connectivity index (χ0v) is 11.3. The average molecular weight is 266 g/mol. The van der Waals surface area contributed by atoms with Gasteiger partial charge in [-0.1, -0.05) is 6.07 Å². The topological polar surface area (TPSA) is 87.5 Å². The van der Waals surface area contributed by atoms with Crippen LogP contribution in [0.25, 0.3) is 0 Å². The number of nitro benzene ring substituents is 1. The van der Waals surface area contributed by atoms with Crippen molar-refractivity contribution >= 4 is 17.4 Å². The fourth-order valence-electron chi connectivity index (χ4n) is 1.44. The molecule has 2 amide bonds. The third-order valence-electron chi connectivity index (χ3n) is 2.55. The van der Waals surface area contributed by atoms with Gasteiger partial charge in [0, 0.05) is 45.0 Å². The van der Waals surface area contributed by atoms with Gasteiger partial charge in [0.2, 0.25) is 0 Å². The molecule has 19 heavy (non-hydrogen) atoms. The number of rotatable bonds is 5. The van der Waals surface area contributed by atoms with Crippen molar-refractivity contribution in [1.82, 2.24) is 10.2 Å². The summed E-state index contributed by atoms with van der Waals surface area (Å²) in [5.74, 6) is 0. The number of nitrogens with zero attached hydrogens (tertiary/aromatic N) is 2. The number of carbonyl (C=O) groups excluding carboxylic acids is 1. The molecule has 1 rings (SSSR count). The van der Waals surface area contributed by atoms with Crippen molar-refractivity contribution in [2.24, 2.45) is 0 Å². The molecule has 0 aliphatic heterocycles. The van der Waals surface area contributed by atoms with Gasteiger partial charge >= 0.3 is 6.03 Å². The van der Waals surface area contributed by atoms with Gasteiger partial charge in [-0.2, -0.15) is 0 Å². The van der Waals surface area contributed by atoms with Crippen LogP contribution < -0.4 is 10.6 Å². The second-order valence-electron chi connectivity index (χ2n) is 4.31. The lowest BCUT2D eigenvalue weighted by Crippen LogP contribution is -2.37. The lowest BCUT2D eigenvalue weighted by Gasteiger charge is -2.13. The van der Waals surface area contributed by atoms with E-state index in [1.54, 1.807) is 20.2 Å². The fourth-order valence-corrected chi connectivity index (χ4v) is 1.44. The number of anilines is 1. The van der Waals surface area contributed by atoms with E-state index in [2.05, 4.69) is 10.6 Å². The monoisotopic (exact) mass is 266 g/mol.